The molecule has 0 aromatic heterocycles. The van der Waals surface area contributed by atoms with E-state index in [4.69, 9.17) is 0 Å². The molecule has 0 aromatic rings. The van der Waals surface area contributed by atoms with Crippen molar-refractivity contribution in [3.05, 3.63) is 0 Å². The molecule has 0 aliphatic rings. The van der Waals surface area contributed by atoms with Crippen molar-refractivity contribution in [2.45, 2.75) is 149 Å². The van der Waals surface area contributed by atoms with E-state index in [1.54, 1.807) is 0 Å². The average Bonchev–Trinajstić information content (AvgIpc) is 2.67. The van der Waals surface area contributed by atoms with E-state index < -0.39 is 0 Å². The molecule has 2 heteroatoms. The van der Waals surface area contributed by atoms with Crippen molar-refractivity contribution in [3.8, 4) is 0 Å². The molecule has 29 heavy (non-hydrogen) atoms. The van der Waals surface area contributed by atoms with E-state index >= 15 is 0 Å². The minimum Gasteiger partial charge on any atom is -1.00 e. The molecule has 0 amide bonds. The zero-order valence-corrected chi connectivity index (χ0v) is 21.8. The van der Waals surface area contributed by atoms with Crippen LogP contribution >= 0.6 is 0 Å². The maximum absolute atomic E-state index is 2.45. The van der Waals surface area contributed by atoms with Crippen molar-refractivity contribution in [2.24, 2.45) is 0 Å². The van der Waals surface area contributed by atoms with Gasteiger partial charge in [-0.2, -0.15) is 0 Å². The van der Waals surface area contributed by atoms with Gasteiger partial charge in [0.2, 0.25) is 0 Å². The zero-order chi connectivity index (χ0) is 20.8. The Kier molecular flexibility index (Phi) is 26.6. The highest BCUT2D eigenvalue weighted by Gasteiger charge is 2.13. The Hall–Kier alpha value is 0.250. The summed E-state index contributed by atoms with van der Waals surface area (Å²) < 4.78 is 1.24. The third-order valence-electron chi connectivity index (χ3n) is 6.48. The van der Waals surface area contributed by atoms with Gasteiger partial charge in [-0.25, -0.2) is 0 Å². The Balaban J connectivity index is 0. The van der Waals surface area contributed by atoms with Gasteiger partial charge in [0.1, 0.15) is 0 Å². The van der Waals surface area contributed by atoms with Gasteiger partial charge >= 0.3 is 0 Å². The summed E-state index contributed by atoms with van der Waals surface area (Å²) in [5, 5.41) is 0. The van der Waals surface area contributed by atoms with Crippen molar-refractivity contribution in [1.82, 2.24) is 0 Å². The van der Waals surface area contributed by atoms with E-state index in [1.807, 2.05) is 0 Å². The highest BCUT2D eigenvalue weighted by molar-refractivity contribution is 4.50. The minimum absolute atomic E-state index is 0. The standard InChI is InChI=1S/C27H58N.ClH/c1-5-7-9-11-13-15-16-17-19-21-23-25-27-28(3,4)26-24-22-20-18-14-12-10-8-6-2;/h5-27H2,1-4H3;1H/q+1;/p-1. The predicted molar refractivity (Wildman–Crippen MR) is 130 cm³/mol. The molecule has 0 aliphatic heterocycles. The van der Waals surface area contributed by atoms with Crippen LogP contribution in [0.4, 0.5) is 0 Å². The fourth-order valence-corrected chi connectivity index (χ4v) is 4.34. The van der Waals surface area contributed by atoms with Gasteiger partial charge in [0, 0.05) is 0 Å². The Morgan fingerprint density at radius 3 is 0.793 bits per heavy atom. The largest absolute Gasteiger partial charge is 1.00 e. The summed E-state index contributed by atoms with van der Waals surface area (Å²) in [6.45, 7) is 7.37. The van der Waals surface area contributed by atoms with E-state index in [0.29, 0.717) is 0 Å². The summed E-state index contributed by atoms with van der Waals surface area (Å²) in [6.07, 6.45) is 30.5. The van der Waals surface area contributed by atoms with E-state index in [1.165, 1.54) is 152 Å². The quantitative estimate of drug-likeness (QED) is 0.131. The van der Waals surface area contributed by atoms with Gasteiger partial charge in [-0.15, -0.1) is 0 Å². The number of hydrogen-bond donors (Lipinski definition) is 0. The van der Waals surface area contributed by atoms with Crippen LogP contribution in [0.1, 0.15) is 149 Å². The van der Waals surface area contributed by atoms with Crippen LogP contribution in [-0.2, 0) is 0 Å². The molecule has 0 atom stereocenters. The molecule has 0 bridgehead atoms. The lowest BCUT2D eigenvalue weighted by atomic mass is 10.0. The minimum atomic E-state index is 0. The summed E-state index contributed by atoms with van der Waals surface area (Å²) in [5.41, 5.74) is 0. The molecule has 0 saturated carbocycles. The highest BCUT2D eigenvalue weighted by Crippen LogP contribution is 2.14. The fraction of sp³-hybridized carbons (Fsp3) is 1.00. The van der Waals surface area contributed by atoms with Crippen molar-refractivity contribution in [1.29, 1.82) is 0 Å². The molecule has 0 saturated heterocycles. The summed E-state index contributed by atoms with van der Waals surface area (Å²) in [4.78, 5) is 0. The molecule has 0 radical (unpaired) electrons. The van der Waals surface area contributed by atoms with E-state index in [9.17, 15) is 0 Å². The molecule has 1 nitrogen and oxygen atoms in total. The lowest BCUT2D eigenvalue weighted by Crippen LogP contribution is -3.00. The second kappa shape index (κ2) is 24.5. The summed E-state index contributed by atoms with van der Waals surface area (Å²) in [7, 11) is 4.90. The van der Waals surface area contributed by atoms with Crippen molar-refractivity contribution >= 4 is 0 Å². The first-order valence-electron chi connectivity index (χ1n) is 13.4. The maximum Gasteiger partial charge on any atom is 0.0782 e. The maximum atomic E-state index is 2.45. The van der Waals surface area contributed by atoms with Crippen molar-refractivity contribution in [2.75, 3.05) is 27.2 Å². The van der Waals surface area contributed by atoms with Gasteiger partial charge in [-0.05, 0) is 25.7 Å². The van der Waals surface area contributed by atoms with Gasteiger partial charge in [-0.1, -0.05) is 123 Å². The molecule has 0 fully saturated rings. The lowest BCUT2D eigenvalue weighted by Gasteiger charge is -2.30. The van der Waals surface area contributed by atoms with Crippen LogP contribution in [-0.4, -0.2) is 31.7 Å². The summed E-state index contributed by atoms with van der Waals surface area (Å²) in [5.74, 6) is 0. The molecule has 0 aromatic carbocycles. The Morgan fingerprint density at radius 1 is 0.345 bits per heavy atom. The van der Waals surface area contributed by atoms with Crippen LogP contribution < -0.4 is 12.4 Å². The first-order chi connectivity index (χ1) is 13.6. The van der Waals surface area contributed by atoms with E-state index in [-0.39, 0.29) is 12.4 Å². The molecule has 178 valence electrons. The van der Waals surface area contributed by atoms with Gasteiger partial charge < -0.3 is 16.9 Å². The molecule has 0 rings (SSSR count). The molecule has 0 unspecified atom stereocenters. The van der Waals surface area contributed by atoms with E-state index in [2.05, 4.69) is 27.9 Å². The van der Waals surface area contributed by atoms with Crippen LogP contribution in [0.15, 0.2) is 0 Å². The normalized spacial score (nSPS) is 11.6. The first-order valence-corrected chi connectivity index (χ1v) is 13.4. The summed E-state index contributed by atoms with van der Waals surface area (Å²) >= 11 is 0. The van der Waals surface area contributed by atoms with E-state index in [0.717, 1.165) is 0 Å². The number of hydrogen-bond acceptors (Lipinski definition) is 0. The predicted octanol–water partition coefficient (Wildman–Crippen LogP) is 6.30. The molecule has 0 aliphatic carbocycles. The second-order valence-corrected chi connectivity index (χ2v) is 10.1. The fourth-order valence-electron chi connectivity index (χ4n) is 4.34. The number of halogens is 1. The van der Waals surface area contributed by atoms with Crippen molar-refractivity contribution in [3.63, 3.8) is 0 Å². The molecule has 0 spiro atoms. The monoisotopic (exact) mass is 431 g/mol. The Labute approximate surface area is 192 Å². The van der Waals surface area contributed by atoms with Crippen molar-refractivity contribution < 1.29 is 16.9 Å². The lowest BCUT2D eigenvalue weighted by molar-refractivity contribution is -0.890. The molecular formula is C27H58ClN. The molecular weight excluding hydrogens is 374 g/mol. The zero-order valence-electron chi connectivity index (χ0n) is 21.1. The highest BCUT2D eigenvalue weighted by atomic mass is 35.5. The smallest absolute Gasteiger partial charge is 0.0782 e. The van der Waals surface area contributed by atoms with Gasteiger partial charge in [0.15, 0.2) is 0 Å². The topological polar surface area (TPSA) is 0 Å². The Bertz CT molecular complexity index is 290. The summed E-state index contributed by atoms with van der Waals surface area (Å²) in [6, 6.07) is 0. The van der Waals surface area contributed by atoms with Crippen LogP contribution in [0.25, 0.3) is 0 Å². The van der Waals surface area contributed by atoms with Crippen LogP contribution in [0.3, 0.4) is 0 Å². The molecule has 0 heterocycles. The number of quaternary nitrogens is 1. The third kappa shape index (κ3) is 26.2. The van der Waals surface area contributed by atoms with Crippen LogP contribution in [0.5, 0.6) is 0 Å². The van der Waals surface area contributed by atoms with Gasteiger partial charge in [0.25, 0.3) is 0 Å². The Morgan fingerprint density at radius 2 is 0.552 bits per heavy atom. The number of nitrogens with zero attached hydrogens (tertiary/aromatic N) is 1. The van der Waals surface area contributed by atoms with Crippen LogP contribution in [0, 0.1) is 0 Å². The van der Waals surface area contributed by atoms with Crippen LogP contribution in [0.2, 0.25) is 0 Å². The van der Waals surface area contributed by atoms with Gasteiger partial charge in [0.05, 0.1) is 27.2 Å². The average molecular weight is 432 g/mol. The SMILES string of the molecule is CCCCCCCCCCCCCC[N+](C)(C)CCCCCCCCCCC.[Cl-]. The van der Waals surface area contributed by atoms with Gasteiger partial charge in [-0.3, -0.25) is 0 Å². The second-order valence-electron chi connectivity index (χ2n) is 10.1. The number of rotatable bonds is 23. The third-order valence-corrected chi connectivity index (χ3v) is 6.48. The molecule has 0 N–H and O–H groups in total. The number of unbranched alkanes of at least 4 members (excludes halogenated alkanes) is 19. The first kappa shape index (κ1) is 31.4.